The Hall–Kier alpha value is -1.39. The van der Waals surface area contributed by atoms with Crippen molar-refractivity contribution in [2.75, 3.05) is 6.61 Å². The zero-order valence-electron chi connectivity index (χ0n) is 14.3. The lowest BCUT2D eigenvalue weighted by molar-refractivity contribution is 0.335. The highest BCUT2D eigenvalue weighted by molar-refractivity contribution is 6.76. The molecule has 0 bridgehead atoms. The Balaban J connectivity index is 2.85. The average molecular weight is 404 g/mol. The van der Waals surface area contributed by atoms with Crippen molar-refractivity contribution >= 4 is 40.7 Å². The normalized spacial score (nSPS) is 14.6. The van der Waals surface area contributed by atoms with E-state index in [1.165, 1.54) is 0 Å². The maximum absolute atomic E-state index is 8.93. The number of hydrogen-bond acceptors (Lipinski definition) is 3. The Bertz CT molecular complexity index is 664. The van der Waals surface area contributed by atoms with Crippen molar-refractivity contribution in [1.82, 2.24) is 0 Å². The van der Waals surface area contributed by atoms with Gasteiger partial charge in [0.05, 0.1) is 5.54 Å². The smallest absolute Gasteiger partial charge is 0.265 e. The van der Waals surface area contributed by atoms with Gasteiger partial charge < -0.3 is 4.74 Å². The highest BCUT2D eigenvalue weighted by atomic mass is 35.6. The van der Waals surface area contributed by atoms with Crippen molar-refractivity contribution in [2.24, 2.45) is 5.11 Å². The molecule has 8 heteroatoms. The summed E-state index contributed by atoms with van der Waals surface area (Å²) in [6.45, 7) is 6.07. The predicted octanol–water partition coefficient (Wildman–Crippen LogP) is 6.34. The molecule has 5 nitrogen and oxygen atoms in total. The van der Waals surface area contributed by atoms with E-state index in [1.807, 2.05) is 37.3 Å². The van der Waals surface area contributed by atoms with Crippen LogP contribution in [0.15, 0.2) is 47.6 Å². The first-order chi connectivity index (χ1) is 11.5. The van der Waals surface area contributed by atoms with Crippen molar-refractivity contribution in [3.8, 4) is 0 Å². The lowest BCUT2D eigenvalue weighted by Crippen LogP contribution is -2.30. The lowest BCUT2D eigenvalue weighted by atomic mass is 9.74. The molecule has 0 radical (unpaired) electrons. The summed E-state index contributed by atoms with van der Waals surface area (Å²) < 4.78 is 3.17. The Morgan fingerprint density at radius 3 is 2.36 bits per heavy atom. The molecule has 0 unspecified atom stereocenters. The van der Waals surface area contributed by atoms with Gasteiger partial charge in [0.15, 0.2) is 0 Å². The maximum atomic E-state index is 8.93. The van der Waals surface area contributed by atoms with E-state index in [4.69, 9.17) is 50.5 Å². The predicted molar refractivity (Wildman–Crippen MR) is 105 cm³/mol. The molecule has 0 aromatic heterocycles. The minimum Gasteiger partial charge on any atom is -0.474 e. The first-order valence-corrected chi connectivity index (χ1v) is 8.72. The Morgan fingerprint density at radius 1 is 1.24 bits per heavy atom. The number of alkyl halides is 3. The molecule has 0 heterocycles. The van der Waals surface area contributed by atoms with Gasteiger partial charge in [0.1, 0.15) is 6.61 Å². The van der Waals surface area contributed by atoms with E-state index in [0.29, 0.717) is 6.42 Å². The minimum atomic E-state index is -1.89. The van der Waals surface area contributed by atoms with Gasteiger partial charge in [-0.3, -0.25) is 5.41 Å². The summed E-state index contributed by atoms with van der Waals surface area (Å²) in [7, 11) is 0. The quantitative estimate of drug-likeness (QED) is 0.108. The van der Waals surface area contributed by atoms with Crippen LogP contribution in [0.3, 0.4) is 0 Å². The van der Waals surface area contributed by atoms with E-state index in [9.17, 15) is 0 Å². The standard InChI is InChI=1S/C17H21Cl3N4O/c1-15(2,13-8-5-4-6-9-13)12-16(3,23-24-22)10-7-11-25-14(21)17(18,19)20/h4-10,21H,11-12H2,1-3H3/b10-7+,21-14?/t16-/m0/s1. The summed E-state index contributed by atoms with van der Waals surface area (Å²) in [6.07, 6.45) is 4.00. The van der Waals surface area contributed by atoms with Crippen molar-refractivity contribution < 1.29 is 4.74 Å². The molecule has 0 spiro atoms. The molecule has 0 amide bonds. The molecule has 1 aromatic rings. The van der Waals surface area contributed by atoms with Crippen molar-refractivity contribution in [3.05, 3.63) is 58.5 Å². The fraction of sp³-hybridized carbons (Fsp3) is 0.471. The third-order valence-corrected chi connectivity index (χ3v) is 4.20. The zero-order valence-corrected chi connectivity index (χ0v) is 16.6. The number of halogens is 3. The molecule has 1 atom stereocenters. The van der Waals surface area contributed by atoms with Crippen LogP contribution >= 0.6 is 34.8 Å². The molecule has 0 fully saturated rings. The zero-order chi connectivity index (χ0) is 19.1. The van der Waals surface area contributed by atoms with Gasteiger partial charge in [-0.05, 0) is 22.9 Å². The largest absolute Gasteiger partial charge is 0.474 e. The highest BCUT2D eigenvalue weighted by Crippen LogP contribution is 2.35. The van der Waals surface area contributed by atoms with Gasteiger partial charge in [0.25, 0.3) is 3.79 Å². The third-order valence-electron chi connectivity index (χ3n) is 3.69. The molecule has 0 aliphatic carbocycles. The van der Waals surface area contributed by atoms with Crippen molar-refractivity contribution in [2.45, 2.75) is 41.9 Å². The summed E-state index contributed by atoms with van der Waals surface area (Å²) >= 11 is 16.6. The van der Waals surface area contributed by atoms with Crippen molar-refractivity contribution in [1.29, 1.82) is 5.41 Å². The Kier molecular flexibility index (Phi) is 7.63. The van der Waals surface area contributed by atoms with Gasteiger partial charge >= 0.3 is 0 Å². The maximum Gasteiger partial charge on any atom is 0.265 e. The summed E-state index contributed by atoms with van der Waals surface area (Å²) in [5, 5.41) is 11.4. The second-order valence-corrected chi connectivity index (χ2v) is 8.79. The lowest BCUT2D eigenvalue weighted by Gasteiger charge is -2.33. The minimum absolute atomic E-state index is 0.0368. The fourth-order valence-electron chi connectivity index (χ4n) is 2.63. The van der Waals surface area contributed by atoms with Gasteiger partial charge in [-0.1, -0.05) is 103 Å². The molecule has 25 heavy (non-hydrogen) atoms. The molecule has 1 rings (SSSR count). The van der Waals surface area contributed by atoms with E-state index >= 15 is 0 Å². The van der Waals surface area contributed by atoms with Crippen LogP contribution in [0.1, 0.15) is 32.8 Å². The number of nitrogens with zero attached hydrogens (tertiary/aromatic N) is 3. The van der Waals surface area contributed by atoms with E-state index < -0.39 is 15.2 Å². The van der Waals surface area contributed by atoms with Crippen molar-refractivity contribution in [3.63, 3.8) is 0 Å². The number of benzene rings is 1. The average Bonchev–Trinajstić information content (AvgIpc) is 2.51. The summed E-state index contributed by atoms with van der Waals surface area (Å²) in [5.74, 6) is -0.461. The molecule has 0 aliphatic rings. The first-order valence-electron chi connectivity index (χ1n) is 7.58. The first kappa shape index (κ1) is 21.7. The second kappa shape index (κ2) is 8.81. The molecule has 136 valence electrons. The number of hydrogen-bond donors (Lipinski definition) is 1. The molecule has 1 aromatic carbocycles. The number of ether oxygens (including phenoxy) is 1. The SMILES string of the molecule is CC(C)(C[C@](C)(/C=C/COC(=N)C(Cl)(Cl)Cl)N=[N+]=[N-])c1ccccc1. The van der Waals surface area contributed by atoms with Gasteiger partial charge in [0, 0.05) is 4.91 Å². The van der Waals surface area contributed by atoms with E-state index in [1.54, 1.807) is 12.2 Å². The van der Waals surface area contributed by atoms with Crippen LogP contribution in [0.2, 0.25) is 0 Å². The molecular weight excluding hydrogens is 383 g/mol. The second-order valence-electron chi connectivity index (χ2n) is 6.51. The van der Waals surface area contributed by atoms with E-state index in [0.717, 1.165) is 5.56 Å². The monoisotopic (exact) mass is 402 g/mol. The number of azide groups is 1. The number of nitrogens with one attached hydrogen (secondary N) is 1. The summed E-state index contributed by atoms with van der Waals surface area (Å²) in [4.78, 5) is 2.97. The van der Waals surface area contributed by atoms with Crippen LogP contribution in [0, 0.1) is 5.41 Å². The van der Waals surface area contributed by atoms with Crippen LogP contribution in [0.4, 0.5) is 0 Å². The molecule has 0 aliphatic heterocycles. The molecule has 0 saturated carbocycles. The third kappa shape index (κ3) is 7.17. The topological polar surface area (TPSA) is 81.8 Å². The Morgan fingerprint density at radius 2 is 1.84 bits per heavy atom. The van der Waals surface area contributed by atoms with E-state index in [2.05, 4.69) is 23.9 Å². The highest BCUT2D eigenvalue weighted by Gasteiger charge is 2.31. The Labute approximate surface area is 163 Å². The van der Waals surface area contributed by atoms with E-state index in [-0.39, 0.29) is 12.0 Å². The summed E-state index contributed by atoms with van der Waals surface area (Å²) in [5.41, 5.74) is 9.10. The molecular formula is C17H21Cl3N4O. The molecule has 1 N–H and O–H groups in total. The van der Waals surface area contributed by atoms with Gasteiger partial charge in [0.2, 0.25) is 5.90 Å². The van der Waals surface area contributed by atoms with Gasteiger partial charge in [-0.2, -0.15) is 0 Å². The van der Waals surface area contributed by atoms with Crippen LogP contribution < -0.4 is 0 Å². The van der Waals surface area contributed by atoms with Crippen LogP contribution in [0.5, 0.6) is 0 Å². The fourth-order valence-corrected chi connectivity index (χ4v) is 2.79. The number of rotatable bonds is 7. The van der Waals surface area contributed by atoms with Crippen LogP contribution in [-0.4, -0.2) is 21.8 Å². The molecule has 0 saturated heterocycles. The van der Waals surface area contributed by atoms with Crippen LogP contribution in [0.25, 0.3) is 10.4 Å². The van der Waals surface area contributed by atoms with Crippen LogP contribution in [-0.2, 0) is 10.2 Å². The van der Waals surface area contributed by atoms with Gasteiger partial charge in [-0.25, -0.2) is 0 Å². The summed E-state index contributed by atoms with van der Waals surface area (Å²) in [6, 6.07) is 10.0. The van der Waals surface area contributed by atoms with Gasteiger partial charge in [-0.15, -0.1) is 0 Å².